The van der Waals surface area contributed by atoms with Gasteiger partial charge >= 0.3 is 0 Å². The molecule has 0 radical (unpaired) electrons. The molecule has 0 atom stereocenters. The SMILES string of the molecule is COCCNC(=O)Cn1cc(NC(=O)c2ccc3nc[nH]c3c2)cn1. The Morgan fingerprint density at radius 1 is 1.36 bits per heavy atom. The van der Waals surface area contributed by atoms with E-state index in [0.717, 1.165) is 11.0 Å². The molecule has 0 aliphatic rings. The predicted octanol–water partition coefficient (Wildman–Crippen LogP) is 0.774. The largest absolute Gasteiger partial charge is 0.383 e. The highest BCUT2D eigenvalue weighted by molar-refractivity contribution is 6.05. The van der Waals surface area contributed by atoms with E-state index in [-0.39, 0.29) is 18.4 Å². The van der Waals surface area contributed by atoms with Crippen LogP contribution >= 0.6 is 0 Å². The van der Waals surface area contributed by atoms with Gasteiger partial charge < -0.3 is 20.4 Å². The van der Waals surface area contributed by atoms with Gasteiger partial charge in [0.15, 0.2) is 0 Å². The average molecular weight is 342 g/mol. The Morgan fingerprint density at radius 3 is 3.08 bits per heavy atom. The maximum atomic E-state index is 12.3. The normalized spacial score (nSPS) is 10.8. The second kappa shape index (κ2) is 7.58. The zero-order chi connectivity index (χ0) is 17.6. The monoisotopic (exact) mass is 342 g/mol. The van der Waals surface area contributed by atoms with Crippen LogP contribution in [0.5, 0.6) is 0 Å². The molecule has 1 aromatic carbocycles. The van der Waals surface area contributed by atoms with Crippen molar-refractivity contribution in [2.24, 2.45) is 0 Å². The number of carbonyl (C=O) groups excluding carboxylic acids is 2. The van der Waals surface area contributed by atoms with Gasteiger partial charge in [-0.1, -0.05) is 0 Å². The van der Waals surface area contributed by atoms with Gasteiger partial charge in [0.05, 0.1) is 35.9 Å². The van der Waals surface area contributed by atoms with Gasteiger partial charge in [0.2, 0.25) is 5.91 Å². The summed E-state index contributed by atoms with van der Waals surface area (Å²) < 4.78 is 6.32. The van der Waals surface area contributed by atoms with Crippen molar-refractivity contribution in [3.05, 3.63) is 42.5 Å². The molecule has 0 saturated heterocycles. The summed E-state index contributed by atoms with van der Waals surface area (Å²) in [6, 6.07) is 5.20. The van der Waals surface area contributed by atoms with Crippen LogP contribution in [0.1, 0.15) is 10.4 Å². The van der Waals surface area contributed by atoms with Crippen molar-refractivity contribution in [3.63, 3.8) is 0 Å². The Hall–Kier alpha value is -3.20. The van der Waals surface area contributed by atoms with Crippen molar-refractivity contribution in [2.75, 3.05) is 25.6 Å². The van der Waals surface area contributed by atoms with E-state index in [4.69, 9.17) is 4.74 Å². The molecule has 0 bridgehead atoms. The summed E-state index contributed by atoms with van der Waals surface area (Å²) >= 11 is 0. The summed E-state index contributed by atoms with van der Waals surface area (Å²) in [7, 11) is 1.57. The third kappa shape index (κ3) is 4.21. The smallest absolute Gasteiger partial charge is 0.255 e. The summed E-state index contributed by atoms with van der Waals surface area (Å²) in [6.45, 7) is 0.961. The minimum absolute atomic E-state index is 0.0691. The molecule has 25 heavy (non-hydrogen) atoms. The highest BCUT2D eigenvalue weighted by atomic mass is 16.5. The third-order valence-corrected chi connectivity index (χ3v) is 3.51. The molecule has 130 valence electrons. The van der Waals surface area contributed by atoms with Gasteiger partial charge in [-0.25, -0.2) is 4.98 Å². The van der Waals surface area contributed by atoms with E-state index in [0.29, 0.717) is 24.4 Å². The number of fused-ring (bicyclic) bond motifs is 1. The van der Waals surface area contributed by atoms with Crippen LogP contribution < -0.4 is 10.6 Å². The molecule has 3 N–H and O–H groups in total. The van der Waals surface area contributed by atoms with Crippen LogP contribution in [0.15, 0.2) is 36.9 Å². The number of aromatic nitrogens is 4. The number of ether oxygens (including phenoxy) is 1. The molecule has 9 nitrogen and oxygen atoms in total. The molecular weight excluding hydrogens is 324 g/mol. The molecule has 0 saturated carbocycles. The number of carbonyl (C=O) groups is 2. The fourth-order valence-electron chi connectivity index (χ4n) is 2.29. The predicted molar refractivity (Wildman–Crippen MR) is 91.2 cm³/mol. The molecular formula is C16H18N6O3. The Labute approximate surface area is 143 Å². The van der Waals surface area contributed by atoms with Crippen LogP contribution in [0.4, 0.5) is 5.69 Å². The maximum absolute atomic E-state index is 12.3. The number of nitrogens with one attached hydrogen (secondary N) is 3. The lowest BCUT2D eigenvalue weighted by Crippen LogP contribution is -2.30. The van der Waals surface area contributed by atoms with E-state index in [2.05, 4.69) is 25.7 Å². The van der Waals surface area contributed by atoms with Crippen LogP contribution in [-0.2, 0) is 16.1 Å². The second-order valence-corrected chi connectivity index (χ2v) is 5.36. The van der Waals surface area contributed by atoms with Gasteiger partial charge in [0.25, 0.3) is 5.91 Å². The van der Waals surface area contributed by atoms with Crippen LogP contribution in [0.3, 0.4) is 0 Å². The van der Waals surface area contributed by atoms with E-state index < -0.39 is 0 Å². The summed E-state index contributed by atoms with van der Waals surface area (Å²) in [5, 5.41) is 9.52. The topological polar surface area (TPSA) is 114 Å². The molecule has 0 unspecified atom stereocenters. The van der Waals surface area contributed by atoms with Crippen LogP contribution in [-0.4, -0.2) is 51.8 Å². The highest BCUT2D eigenvalue weighted by Gasteiger charge is 2.10. The molecule has 3 aromatic rings. The molecule has 0 aliphatic carbocycles. The molecule has 0 aliphatic heterocycles. The zero-order valence-electron chi connectivity index (χ0n) is 13.7. The molecule has 9 heteroatoms. The van der Waals surface area contributed by atoms with Crippen molar-refractivity contribution >= 4 is 28.5 Å². The summed E-state index contributed by atoms with van der Waals surface area (Å²) in [5.74, 6) is -0.441. The quantitative estimate of drug-likeness (QED) is 0.549. The standard InChI is InChI=1S/C16H18N6O3/c1-25-5-4-17-15(23)9-22-8-12(7-20-22)21-16(24)11-2-3-13-14(6-11)19-10-18-13/h2-3,6-8,10H,4-5,9H2,1H3,(H,17,23)(H,18,19)(H,21,24). The van der Waals surface area contributed by atoms with Gasteiger partial charge in [-0.05, 0) is 18.2 Å². The lowest BCUT2D eigenvalue weighted by molar-refractivity contribution is -0.122. The number of aromatic amines is 1. The molecule has 0 spiro atoms. The van der Waals surface area contributed by atoms with Gasteiger partial charge in [-0.15, -0.1) is 0 Å². The molecule has 2 aromatic heterocycles. The van der Waals surface area contributed by atoms with Gasteiger partial charge in [0.1, 0.15) is 6.54 Å². The fourth-order valence-corrected chi connectivity index (χ4v) is 2.29. The van der Waals surface area contributed by atoms with Gasteiger partial charge in [0, 0.05) is 25.4 Å². The Kier molecular flexibility index (Phi) is 5.05. The number of H-pyrrole nitrogens is 1. The first-order chi connectivity index (χ1) is 12.2. The van der Waals surface area contributed by atoms with Crippen LogP contribution in [0.25, 0.3) is 11.0 Å². The first-order valence-electron chi connectivity index (χ1n) is 7.68. The average Bonchev–Trinajstić information content (AvgIpc) is 3.23. The van der Waals surface area contributed by atoms with Gasteiger partial charge in [-0.3, -0.25) is 14.3 Å². The number of benzene rings is 1. The van der Waals surface area contributed by atoms with E-state index in [1.54, 1.807) is 37.8 Å². The summed E-state index contributed by atoms with van der Waals surface area (Å²) in [4.78, 5) is 31.1. The van der Waals surface area contributed by atoms with Crippen molar-refractivity contribution < 1.29 is 14.3 Å². The number of rotatable bonds is 7. The number of imidazole rings is 1. The second-order valence-electron chi connectivity index (χ2n) is 5.36. The summed E-state index contributed by atoms with van der Waals surface area (Å²) in [5.41, 5.74) is 2.60. The lowest BCUT2D eigenvalue weighted by atomic mass is 10.2. The fraction of sp³-hybridized carbons (Fsp3) is 0.250. The number of anilines is 1. The number of methoxy groups -OCH3 is 1. The van der Waals surface area contributed by atoms with Crippen molar-refractivity contribution in [1.82, 2.24) is 25.1 Å². The zero-order valence-corrected chi connectivity index (χ0v) is 13.7. The van der Waals surface area contributed by atoms with Crippen molar-refractivity contribution in [3.8, 4) is 0 Å². The highest BCUT2D eigenvalue weighted by Crippen LogP contribution is 2.13. The Balaban J connectivity index is 1.58. The number of hydrogen-bond acceptors (Lipinski definition) is 5. The van der Waals surface area contributed by atoms with Crippen molar-refractivity contribution in [1.29, 1.82) is 0 Å². The number of hydrogen-bond donors (Lipinski definition) is 3. The molecule has 3 rings (SSSR count). The molecule has 0 fully saturated rings. The minimum Gasteiger partial charge on any atom is -0.383 e. The minimum atomic E-state index is -0.263. The summed E-state index contributed by atoms with van der Waals surface area (Å²) in [6.07, 6.45) is 4.67. The number of nitrogens with zero attached hydrogens (tertiary/aromatic N) is 3. The van der Waals surface area contributed by atoms with E-state index >= 15 is 0 Å². The Morgan fingerprint density at radius 2 is 2.24 bits per heavy atom. The van der Waals surface area contributed by atoms with E-state index in [1.165, 1.54) is 10.9 Å². The lowest BCUT2D eigenvalue weighted by Gasteiger charge is -2.04. The Bertz CT molecular complexity index is 885. The first-order valence-corrected chi connectivity index (χ1v) is 7.68. The molecule has 2 amide bonds. The maximum Gasteiger partial charge on any atom is 0.255 e. The van der Waals surface area contributed by atoms with Crippen LogP contribution in [0.2, 0.25) is 0 Å². The third-order valence-electron chi connectivity index (χ3n) is 3.51. The van der Waals surface area contributed by atoms with Crippen molar-refractivity contribution in [2.45, 2.75) is 6.54 Å². The van der Waals surface area contributed by atoms with E-state index in [9.17, 15) is 9.59 Å². The molecule has 2 heterocycles. The van der Waals surface area contributed by atoms with Gasteiger partial charge in [-0.2, -0.15) is 5.10 Å². The van der Waals surface area contributed by atoms with E-state index in [1.807, 2.05) is 0 Å². The first kappa shape index (κ1) is 16.7. The van der Waals surface area contributed by atoms with Crippen LogP contribution in [0, 0.1) is 0 Å². The number of amides is 2.